The van der Waals surface area contributed by atoms with Crippen LogP contribution in [0, 0.1) is 13.8 Å². The number of aromatic nitrogens is 1. The summed E-state index contributed by atoms with van der Waals surface area (Å²) in [5.74, 6) is -1.19. The summed E-state index contributed by atoms with van der Waals surface area (Å²) in [6, 6.07) is 10.7. The number of carbonyl (C=O) groups is 2. The number of aryl methyl sites for hydroxylation is 1. The molecule has 0 aliphatic rings. The SMILES string of the molecule is Cc1cc(C(=O)NC(CC(=O)O)c2ccccc2)c(C)n1C(C)C. The van der Waals surface area contributed by atoms with Crippen molar-refractivity contribution in [2.75, 3.05) is 0 Å². The van der Waals surface area contributed by atoms with E-state index in [1.807, 2.05) is 50.2 Å². The van der Waals surface area contributed by atoms with Crippen LogP contribution in [0.2, 0.25) is 0 Å². The van der Waals surface area contributed by atoms with Gasteiger partial charge in [0.2, 0.25) is 0 Å². The smallest absolute Gasteiger partial charge is 0.305 e. The van der Waals surface area contributed by atoms with Gasteiger partial charge in [0.25, 0.3) is 5.91 Å². The molecule has 0 spiro atoms. The molecule has 24 heavy (non-hydrogen) atoms. The summed E-state index contributed by atoms with van der Waals surface area (Å²) in [6.07, 6.45) is -0.154. The maximum atomic E-state index is 12.7. The van der Waals surface area contributed by atoms with Crippen molar-refractivity contribution in [1.82, 2.24) is 9.88 Å². The maximum Gasteiger partial charge on any atom is 0.305 e. The molecule has 5 heteroatoms. The number of rotatable bonds is 6. The van der Waals surface area contributed by atoms with Crippen LogP contribution in [0.1, 0.15) is 59.7 Å². The molecule has 0 bridgehead atoms. The van der Waals surface area contributed by atoms with Crippen molar-refractivity contribution >= 4 is 11.9 Å². The lowest BCUT2D eigenvalue weighted by Crippen LogP contribution is -2.30. The highest BCUT2D eigenvalue weighted by Crippen LogP contribution is 2.22. The highest BCUT2D eigenvalue weighted by molar-refractivity contribution is 5.96. The van der Waals surface area contributed by atoms with E-state index in [9.17, 15) is 9.59 Å². The third-order valence-electron chi connectivity index (χ3n) is 4.13. The monoisotopic (exact) mass is 328 g/mol. The van der Waals surface area contributed by atoms with Crippen molar-refractivity contribution < 1.29 is 14.7 Å². The van der Waals surface area contributed by atoms with Gasteiger partial charge in [0.05, 0.1) is 18.0 Å². The molecule has 1 amide bonds. The fourth-order valence-corrected chi connectivity index (χ4v) is 3.15. The van der Waals surface area contributed by atoms with Crippen molar-refractivity contribution in [2.24, 2.45) is 0 Å². The standard InChI is InChI=1S/C19H24N2O3/c1-12(2)21-13(3)10-16(14(21)4)19(24)20-17(11-18(22)23)15-8-6-5-7-9-15/h5-10,12,17H,11H2,1-4H3,(H,20,24)(H,22,23). The molecular formula is C19H24N2O3. The molecule has 1 aromatic heterocycles. The zero-order valence-corrected chi connectivity index (χ0v) is 14.5. The van der Waals surface area contributed by atoms with E-state index < -0.39 is 12.0 Å². The molecule has 0 aliphatic heterocycles. The van der Waals surface area contributed by atoms with Gasteiger partial charge in [-0.25, -0.2) is 0 Å². The van der Waals surface area contributed by atoms with Gasteiger partial charge >= 0.3 is 5.97 Å². The molecule has 0 saturated heterocycles. The number of amides is 1. The summed E-state index contributed by atoms with van der Waals surface area (Å²) in [7, 11) is 0. The van der Waals surface area contributed by atoms with Crippen LogP contribution in [0.5, 0.6) is 0 Å². The molecule has 5 nitrogen and oxygen atoms in total. The molecule has 1 unspecified atom stereocenters. The number of carboxylic acids is 1. The number of aliphatic carboxylic acids is 1. The van der Waals surface area contributed by atoms with Crippen LogP contribution >= 0.6 is 0 Å². The number of hydrogen-bond donors (Lipinski definition) is 2. The fraction of sp³-hybridized carbons (Fsp3) is 0.368. The van der Waals surface area contributed by atoms with Crippen LogP contribution in [0.15, 0.2) is 36.4 Å². The molecule has 1 atom stereocenters. The Morgan fingerprint density at radius 3 is 2.29 bits per heavy atom. The fourth-order valence-electron chi connectivity index (χ4n) is 3.15. The van der Waals surface area contributed by atoms with Gasteiger partial charge in [0.1, 0.15) is 0 Å². The van der Waals surface area contributed by atoms with Crippen LogP contribution in [0.25, 0.3) is 0 Å². The van der Waals surface area contributed by atoms with Crippen molar-refractivity contribution in [3.05, 3.63) is 58.9 Å². The quantitative estimate of drug-likeness (QED) is 0.850. The lowest BCUT2D eigenvalue weighted by Gasteiger charge is -2.18. The van der Waals surface area contributed by atoms with Gasteiger partial charge in [-0.1, -0.05) is 30.3 Å². The molecule has 1 heterocycles. The van der Waals surface area contributed by atoms with Gasteiger partial charge in [-0.05, 0) is 39.3 Å². The van der Waals surface area contributed by atoms with Gasteiger partial charge in [0.15, 0.2) is 0 Å². The average molecular weight is 328 g/mol. The van der Waals surface area contributed by atoms with Gasteiger partial charge in [-0.3, -0.25) is 9.59 Å². The summed E-state index contributed by atoms with van der Waals surface area (Å²) in [5, 5.41) is 12.0. The molecule has 2 N–H and O–H groups in total. The van der Waals surface area contributed by atoms with Crippen molar-refractivity contribution in [1.29, 1.82) is 0 Å². The van der Waals surface area contributed by atoms with Gasteiger partial charge < -0.3 is 15.0 Å². The molecular weight excluding hydrogens is 304 g/mol. The van der Waals surface area contributed by atoms with Crippen LogP contribution in [0.4, 0.5) is 0 Å². The number of nitrogens with zero attached hydrogens (tertiary/aromatic N) is 1. The van der Waals surface area contributed by atoms with Crippen molar-refractivity contribution in [3.63, 3.8) is 0 Å². The Bertz CT molecular complexity index is 733. The number of nitrogens with one attached hydrogen (secondary N) is 1. The van der Waals surface area contributed by atoms with E-state index in [1.54, 1.807) is 0 Å². The average Bonchev–Trinajstić information content (AvgIpc) is 2.82. The van der Waals surface area contributed by atoms with E-state index >= 15 is 0 Å². The van der Waals surface area contributed by atoms with Crippen LogP contribution in [0.3, 0.4) is 0 Å². The second-order valence-electron chi connectivity index (χ2n) is 6.28. The summed E-state index contributed by atoms with van der Waals surface area (Å²) >= 11 is 0. The Morgan fingerprint density at radius 2 is 1.79 bits per heavy atom. The van der Waals surface area contributed by atoms with E-state index in [1.165, 1.54) is 0 Å². The molecule has 0 radical (unpaired) electrons. The Labute approximate surface area is 142 Å². The predicted octanol–water partition coefficient (Wildman–Crippen LogP) is 3.63. The second kappa shape index (κ2) is 7.34. The number of carboxylic acid groups (broad SMARTS) is 1. The third-order valence-corrected chi connectivity index (χ3v) is 4.13. The Balaban J connectivity index is 2.28. The van der Waals surface area contributed by atoms with Crippen LogP contribution < -0.4 is 5.32 Å². The Kier molecular flexibility index (Phi) is 5.44. The van der Waals surface area contributed by atoms with Crippen LogP contribution in [-0.2, 0) is 4.79 Å². The molecule has 128 valence electrons. The lowest BCUT2D eigenvalue weighted by atomic mass is 10.0. The molecule has 1 aromatic carbocycles. The Hall–Kier alpha value is -2.56. The van der Waals surface area contributed by atoms with Crippen molar-refractivity contribution in [2.45, 2.75) is 46.2 Å². The van der Waals surface area contributed by atoms with E-state index in [2.05, 4.69) is 23.7 Å². The Morgan fingerprint density at radius 1 is 1.17 bits per heavy atom. The van der Waals surface area contributed by atoms with Crippen LogP contribution in [-0.4, -0.2) is 21.6 Å². The first-order chi connectivity index (χ1) is 11.3. The van der Waals surface area contributed by atoms with Crippen molar-refractivity contribution in [3.8, 4) is 0 Å². The first kappa shape index (κ1) is 17.8. The third kappa shape index (κ3) is 3.85. The number of carbonyl (C=O) groups excluding carboxylic acids is 1. The van der Waals surface area contributed by atoms with E-state index in [-0.39, 0.29) is 18.4 Å². The highest BCUT2D eigenvalue weighted by atomic mass is 16.4. The predicted molar refractivity (Wildman–Crippen MR) is 93.2 cm³/mol. The summed E-state index contributed by atoms with van der Waals surface area (Å²) < 4.78 is 2.10. The van der Waals surface area contributed by atoms with E-state index in [0.717, 1.165) is 17.0 Å². The zero-order valence-electron chi connectivity index (χ0n) is 14.5. The molecule has 0 fully saturated rings. The summed E-state index contributed by atoms with van der Waals surface area (Å²) in [4.78, 5) is 23.9. The summed E-state index contributed by atoms with van der Waals surface area (Å²) in [6.45, 7) is 8.02. The highest BCUT2D eigenvalue weighted by Gasteiger charge is 2.22. The van der Waals surface area contributed by atoms with Gasteiger partial charge in [-0.2, -0.15) is 0 Å². The molecule has 0 saturated carbocycles. The second-order valence-corrected chi connectivity index (χ2v) is 6.28. The topological polar surface area (TPSA) is 71.3 Å². The normalized spacial score (nSPS) is 12.2. The lowest BCUT2D eigenvalue weighted by molar-refractivity contribution is -0.137. The van der Waals surface area contributed by atoms with Gasteiger partial charge in [-0.15, -0.1) is 0 Å². The van der Waals surface area contributed by atoms with E-state index in [4.69, 9.17) is 5.11 Å². The summed E-state index contributed by atoms with van der Waals surface area (Å²) in [5.41, 5.74) is 3.28. The minimum absolute atomic E-state index is 0.154. The first-order valence-electron chi connectivity index (χ1n) is 8.07. The largest absolute Gasteiger partial charge is 0.481 e. The minimum atomic E-state index is -0.947. The molecule has 0 aliphatic carbocycles. The molecule has 2 rings (SSSR count). The first-order valence-corrected chi connectivity index (χ1v) is 8.07. The zero-order chi connectivity index (χ0) is 17.9. The minimum Gasteiger partial charge on any atom is -0.481 e. The number of benzene rings is 1. The number of hydrogen-bond acceptors (Lipinski definition) is 2. The molecule has 2 aromatic rings. The van der Waals surface area contributed by atoms with E-state index in [0.29, 0.717) is 5.56 Å². The maximum absolute atomic E-state index is 12.7. The van der Waals surface area contributed by atoms with Gasteiger partial charge in [0, 0.05) is 17.4 Å².